The van der Waals surface area contributed by atoms with E-state index in [0.717, 1.165) is 0 Å². The van der Waals surface area contributed by atoms with Crippen molar-refractivity contribution in [1.29, 1.82) is 0 Å². The molecule has 88 valence electrons. The highest BCUT2D eigenvalue weighted by molar-refractivity contribution is 5.71. The van der Waals surface area contributed by atoms with Crippen molar-refractivity contribution in [3.63, 3.8) is 0 Å². The number of nitrogens with one attached hydrogen (secondary N) is 1. The average molecular weight is 226 g/mol. The third-order valence-electron chi connectivity index (χ3n) is 2.34. The van der Waals surface area contributed by atoms with Crippen LogP contribution in [0.25, 0.3) is 0 Å². The number of anilines is 1. The lowest BCUT2D eigenvalue weighted by atomic mass is 9.95. The number of rotatable bonds is 4. The number of phenols is 2. The van der Waals surface area contributed by atoms with E-state index in [1.807, 2.05) is 0 Å². The second-order valence-corrected chi connectivity index (χ2v) is 3.54. The third-order valence-corrected chi connectivity index (χ3v) is 2.34. The van der Waals surface area contributed by atoms with Crippen molar-refractivity contribution in [2.24, 2.45) is 5.84 Å². The summed E-state index contributed by atoms with van der Waals surface area (Å²) in [5, 5.41) is 27.4. The van der Waals surface area contributed by atoms with Crippen LogP contribution in [-0.4, -0.2) is 21.3 Å². The van der Waals surface area contributed by atoms with Crippen molar-refractivity contribution in [1.82, 2.24) is 0 Å². The maximum atomic E-state index is 10.6. The molecule has 1 unspecified atom stereocenters. The topological polar surface area (TPSA) is 116 Å². The zero-order valence-corrected chi connectivity index (χ0v) is 8.77. The van der Waals surface area contributed by atoms with Gasteiger partial charge in [-0.15, -0.1) is 0 Å². The molecular formula is C10H14N2O4. The number of carboxylic acid groups (broad SMARTS) is 1. The van der Waals surface area contributed by atoms with E-state index in [9.17, 15) is 15.0 Å². The predicted molar refractivity (Wildman–Crippen MR) is 58.2 cm³/mol. The number of hydrogen-bond donors (Lipinski definition) is 5. The zero-order valence-electron chi connectivity index (χ0n) is 8.77. The summed E-state index contributed by atoms with van der Waals surface area (Å²) in [5.41, 5.74) is 2.94. The Kier molecular flexibility index (Phi) is 3.57. The molecule has 0 aromatic heterocycles. The fraction of sp³-hybridized carbons (Fsp3) is 0.300. The fourth-order valence-corrected chi connectivity index (χ4v) is 1.53. The van der Waals surface area contributed by atoms with Crippen molar-refractivity contribution in [2.75, 3.05) is 5.43 Å². The van der Waals surface area contributed by atoms with Gasteiger partial charge >= 0.3 is 5.97 Å². The molecule has 0 bridgehead atoms. The molecule has 0 saturated carbocycles. The first-order valence-electron chi connectivity index (χ1n) is 4.70. The van der Waals surface area contributed by atoms with Crippen LogP contribution in [0.5, 0.6) is 11.5 Å². The Hall–Kier alpha value is -1.95. The van der Waals surface area contributed by atoms with E-state index < -0.39 is 5.97 Å². The second-order valence-electron chi connectivity index (χ2n) is 3.54. The van der Waals surface area contributed by atoms with Crippen LogP contribution in [0.4, 0.5) is 5.69 Å². The number of phenolic OH excluding ortho intramolecular Hbond substituents is 2. The molecule has 1 atom stereocenters. The van der Waals surface area contributed by atoms with Gasteiger partial charge < -0.3 is 20.7 Å². The molecule has 0 fully saturated rings. The Balaban J connectivity index is 3.13. The highest BCUT2D eigenvalue weighted by atomic mass is 16.4. The van der Waals surface area contributed by atoms with Gasteiger partial charge in [0.25, 0.3) is 0 Å². The van der Waals surface area contributed by atoms with Crippen molar-refractivity contribution in [3.8, 4) is 11.5 Å². The van der Waals surface area contributed by atoms with E-state index in [1.165, 1.54) is 12.1 Å². The number of nitrogen functional groups attached to an aromatic ring is 1. The summed E-state index contributed by atoms with van der Waals surface area (Å²) in [6, 6.07) is 2.82. The highest BCUT2D eigenvalue weighted by Gasteiger charge is 2.18. The van der Waals surface area contributed by atoms with Crippen LogP contribution in [-0.2, 0) is 4.79 Å². The van der Waals surface area contributed by atoms with Crippen LogP contribution in [0, 0.1) is 0 Å². The molecule has 0 radical (unpaired) electrons. The number of carboxylic acids is 1. The highest BCUT2D eigenvalue weighted by Crippen LogP contribution is 2.39. The molecule has 0 aliphatic heterocycles. The van der Waals surface area contributed by atoms with Gasteiger partial charge in [0.1, 0.15) is 0 Å². The Labute approximate surface area is 92.3 Å². The first-order valence-corrected chi connectivity index (χ1v) is 4.70. The van der Waals surface area contributed by atoms with E-state index >= 15 is 0 Å². The lowest BCUT2D eigenvalue weighted by Gasteiger charge is -2.16. The van der Waals surface area contributed by atoms with Gasteiger partial charge in [-0.05, 0) is 17.5 Å². The van der Waals surface area contributed by atoms with Gasteiger partial charge in [0.05, 0.1) is 12.1 Å². The minimum Gasteiger partial charge on any atom is -0.504 e. The van der Waals surface area contributed by atoms with Crippen molar-refractivity contribution in [2.45, 2.75) is 19.3 Å². The molecule has 0 aliphatic rings. The van der Waals surface area contributed by atoms with Crippen molar-refractivity contribution >= 4 is 11.7 Å². The summed E-state index contributed by atoms with van der Waals surface area (Å²) in [7, 11) is 0. The average Bonchev–Trinajstić information content (AvgIpc) is 2.20. The minimum atomic E-state index is -0.942. The van der Waals surface area contributed by atoms with Gasteiger partial charge in [-0.3, -0.25) is 10.6 Å². The van der Waals surface area contributed by atoms with Gasteiger partial charge in [0.15, 0.2) is 11.5 Å². The van der Waals surface area contributed by atoms with Gasteiger partial charge in [0.2, 0.25) is 0 Å². The molecule has 0 aliphatic carbocycles. The van der Waals surface area contributed by atoms with Crippen molar-refractivity contribution in [3.05, 3.63) is 17.7 Å². The van der Waals surface area contributed by atoms with Gasteiger partial charge in [-0.25, -0.2) is 0 Å². The first kappa shape index (κ1) is 12.1. The molecule has 1 aromatic rings. The van der Waals surface area contributed by atoms with E-state index in [-0.39, 0.29) is 29.5 Å². The summed E-state index contributed by atoms with van der Waals surface area (Å²) in [6.45, 7) is 1.70. The van der Waals surface area contributed by atoms with E-state index in [0.29, 0.717) is 5.56 Å². The SMILES string of the molecule is CC(CC(=O)O)c1ccc(O)c(O)c1NN. The van der Waals surface area contributed by atoms with Crippen LogP contribution in [0.2, 0.25) is 0 Å². The molecule has 16 heavy (non-hydrogen) atoms. The zero-order chi connectivity index (χ0) is 12.3. The first-order chi connectivity index (χ1) is 7.47. The normalized spacial score (nSPS) is 12.1. The van der Waals surface area contributed by atoms with E-state index in [2.05, 4.69) is 5.43 Å². The Morgan fingerprint density at radius 1 is 1.50 bits per heavy atom. The minimum absolute atomic E-state index is 0.0844. The number of hydrazine groups is 1. The smallest absolute Gasteiger partial charge is 0.303 e. The molecule has 0 heterocycles. The quantitative estimate of drug-likeness (QED) is 0.296. The number of aliphatic carboxylic acids is 1. The van der Waals surface area contributed by atoms with Crippen molar-refractivity contribution < 1.29 is 20.1 Å². The summed E-state index contributed by atoms with van der Waals surface area (Å²) >= 11 is 0. The summed E-state index contributed by atoms with van der Waals surface area (Å²) in [4.78, 5) is 10.6. The Morgan fingerprint density at radius 3 is 2.62 bits per heavy atom. The third kappa shape index (κ3) is 2.34. The van der Waals surface area contributed by atoms with Gasteiger partial charge in [-0.2, -0.15) is 0 Å². The van der Waals surface area contributed by atoms with E-state index in [4.69, 9.17) is 10.9 Å². The predicted octanol–water partition coefficient (Wildman–Crippen LogP) is 0.962. The largest absolute Gasteiger partial charge is 0.504 e. The summed E-state index contributed by atoms with van der Waals surface area (Å²) < 4.78 is 0. The van der Waals surface area contributed by atoms with Gasteiger partial charge in [0, 0.05) is 0 Å². The van der Waals surface area contributed by atoms with Crippen LogP contribution < -0.4 is 11.3 Å². The molecule has 0 amide bonds. The maximum Gasteiger partial charge on any atom is 0.303 e. The molecule has 0 saturated heterocycles. The molecule has 6 nitrogen and oxygen atoms in total. The number of nitrogens with two attached hydrogens (primary N) is 1. The molecule has 1 aromatic carbocycles. The molecule has 6 heteroatoms. The van der Waals surface area contributed by atoms with Crippen LogP contribution >= 0.6 is 0 Å². The number of aromatic hydroxyl groups is 2. The summed E-state index contributed by atoms with van der Waals surface area (Å²) in [5.74, 6) is 3.27. The second kappa shape index (κ2) is 4.71. The standard InChI is InChI=1S/C10H14N2O4/c1-5(4-8(14)15)6-2-3-7(13)10(16)9(6)12-11/h2-3,5,12-13,16H,4,11H2,1H3,(H,14,15). The fourth-order valence-electron chi connectivity index (χ4n) is 1.53. The maximum absolute atomic E-state index is 10.6. The number of benzene rings is 1. The molecule has 6 N–H and O–H groups in total. The Bertz CT molecular complexity index is 406. The van der Waals surface area contributed by atoms with Gasteiger partial charge in [-0.1, -0.05) is 13.0 Å². The molecule has 0 spiro atoms. The Morgan fingerprint density at radius 2 is 2.12 bits per heavy atom. The lowest BCUT2D eigenvalue weighted by molar-refractivity contribution is -0.137. The molecule has 1 rings (SSSR count). The lowest BCUT2D eigenvalue weighted by Crippen LogP contribution is -2.12. The number of hydrogen-bond acceptors (Lipinski definition) is 5. The monoisotopic (exact) mass is 226 g/mol. The number of carbonyl (C=O) groups is 1. The van der Waals surface area contributed by atoms with Crippen LogP contribution in [0.1, 0.15) is 24.8 Å². The van der Waals surface area contributed by atoms with Crippen LogP contribution in [0.3, 0.4) is 0 Å². The molecular weight excluding hydrogens is 212 g/mol. The van der Waals surface area contributed by atoms with E-state index in [1.54, 1.807) is 6.92 Å². The summed E-state index contributed by atoms with van der Waals surface area (Å²) in [6.07, 6.45) is -0.0844. The van der Waals surface area contributed by atoms with Crippen LogP contribution in [0.15, 0.2) is 12.1 Å².